The van der Waals surface area contributed by atoms with Crippen LogP contribution in [0.25, 0.3) is 22.0 Å². The lowest BCUT2D eigenvalue weighted by atomic mass is 10.1. The number of fused-ring (bicyclic) bond motifs is 2. The highest BCUT2D eigenvalue weighted by molar-refractivity contribution is 5.96. The zero-order valence-electron chi connectivity index (χ0n) is 13.0. The number of amides is 1. The van der Waals surface area contributed by atoms with Crippen molar-refractivity contribution in [2.75, 3.05) is 5.32 Å². The zero-order chi connectivity index (χ0) is 16.7. The quantitative estimate of drug-likeness (QED) is 0.609. The van der Waals surface area contributed by atoms with Gasteiger partial charge in [-0.2, -0.15) is 0 Å². The highest BCUT2D eigenvalue weighted by atomic mass is 16.4. The number of rotatable bonds is 3. The number of hydrogen-bond acceptors (Lipinski definition) is 3. The van der Waals surface area contributed by atoms with Gasteiger partial charge in [0.1, 0.15) is 0 Å². The lowest BCUT2D eigenvalue weighted by Gasteiger charge is -2.05. The summed E-state index contributed by atoms with van der Waals surface area (Å²) in [4.78, 5) is 27.0. The molecule has 4 rings (SSSR count). The second-order valence-corrected chi connectivity index (χ2v) is 5.69. The molecule has 0 saturated carbocycles. The van der Waals surface area contributed by atoms with Crippen LogP contribution in [0.15, 0.2) is 57.9 Å². The zero-order valence-corrected chi connectivity index (χ0v) is 13.0. The molecular weight excluding hydrogens is 306 g/mol. The van der Waals surface area contributed by atoms with Gasteiger partial charge in [0.15, 0.2) is 5.58 Å². The predicted molar refractivity (Wildman–Crippen MR) is 92.1 cm³/mol. The summed E-state index contributed by atoms with van der Waals surface area (Å²) in [7, 11) is 1.64. The molecule has 2 aromatic carbocycles. The summed E-state index contributed by atoms with van der Waals surface area (Å²) in [5, 5.41) is 3.88. The molecule has 0 spiro atoms. The molecule has 0 aliphatic carbocycles. The van der Waals surface area contributed by atoms with Crippen molar-refractivity contribution >= 4 is 33.6 Å². The van der Waals surface area contributed by atoms with E-state index in [2.05, 4.69) is 10.3 Å². The van der Waals surface area contributed by atoms with Crippen molar-refractivity contribution in [2.45, 2.75) is 6.42 Å². The molecule has 2 aromatic heterocycles. The van der Waals surface area contributed by atoms with Gasteiger partial charge in [-0.25, -0.2) is 4.79 Å². The summed E-state index contributed by atoms with van der Waals surface area (Å²) in [6.07, 6.45) is 2.12. The number of carbonyl (C=O) groups is 1. The molecule has 0 atom stereocenters. The first-order valence-corrected chi connectivity index (χ1v) is 7.56. The van der Waals surface area contributed by atoms with Crippen LogP contribution in [0.1, 0.15) is 5.56 Å². The van der Waals surface area contributed by atoms with Gasteiger partial charge < -0.3 is 14.7 Å². The van der Waals surface area contributed by atoms with E-state index >= 15 is 0 Å². The number of aryl methyl sites for hydroxylation is 1. The van der Waals surface area contributed by atoms with Crippen molar-refractivity contribution < 1.29 is 9.21 Å². The van der Waals surface area contributed by atoms with Crippen LogP contribution in [0.2, 0.25) is 0 Å². The molecule has 2 N–H and O–H groups in total. The number of H-pyrrole nitrogens is 1. The molecular formula is C18H15N3O3. The second-order valence-electron chi connectivity index (χ2n) is 5.69. The van der Waals surface area contributed by atoms with Crippen LogP contribution in [0.3, 0.4) is 0 Å². The Balaban J connectivity index is 1.56. The fraction of sp³-hybridized carbons (Fsp3) is 0.111. The average molecular weight is 321 g/mol. The maximum atomic E-state index is 12.3. The largest absolute Gasteiger partial charge is 0.419 e. The molecule has 1 amide bonds. The highest BCUT2D eigenvalue weighted by Gasteiger charge is 2.11. The number of hydrogen-bond donors (Lipinski definition) is 2. The lowest BCUT2D eigenvalue weighted by molar-refractivity contribution is -0.115. The Labute approximate surface area is 136 Å². The van der Waals surface area contributed by atoms with E-state index in [0.29, 0.717) is 16.8 Å². The number of nitrogens with zero attached hydrogens (tertiary/aromatic N) is 1. The summed E-state index contributed by atoms with van der Waals surface area (Å²) in [6, 6.07) is 13.0. The van der Waals surface area contributed by atoms with E-state index in [9.17, 15) is 9.59 Å². The van der Waals surface area contributed by atoms with Crippen molar-refractivity contribution in [1.82, 2.24) is 9.55 Å². The molecule has 0 radical (unpaired) electrons. The maximum Gasteiger partial charge on any atom is 0.419 e. The van der Waals surface area contributed by atoms with Gasteiger partial charge in [0.05, 0.1) is 11.9 Å². The van der Waals surface area contributed by atoms with Gasteiger partial charge in [0.2, 0.25) is 5.91 Å². The topological polar surface area (TPSA) is 80.0 Å². The number of aromatic nitrogens is 2. The molecule has 24 heavy (non-hydrogen) atoms. The van der Waals surface area contributed by atoms with E-state index in [1.807, 2.05) is 30.5 Å². The van der Waals surface area contributed by atoms with Crippen molar-refractivity contribution in [3.05, 3.63) is 64.8 Å². The molecule has 0 unspecified atom stereocenters. The number of nitrogens with one attached hydrogen (secondary N) is 2. The minimum atomic E-state index is -0.424. The van der Waals surface area contributed by atoms with E-state index in [1.165, 1.54) is 4.57 Å². The van der Waals surface area contributed by atoms with Crippen molar-refractivity contribution in [3.8, 4) is 0 Å². The number of para-hydroxylation sites is 1. The fourth-order valence-corrected chi connectivity index (χ4v) is 2.87. The Morgan fingerprint density at radius 2 is 2.08 bits per heavy atom. The molecule has 0 saturated heterocycles. The second kappa shape index (κ2) is 5.42. The van der Waals surface area contributed by atoms with Gasteiger partial charge >= 0.3 is 5.76 Å². The monoisotopic (exact) mass is 321 g/mol. The van der Waals surface area contributed by atoms with Gasteiger partial charge in [0, 0.05) is 35.9 Å². The van der Waals surface area contributed by atoms with E-state index < -0.39 is 5.76 Å². The standard InChI is InChI=1S/C18H15N3O3/c1-21-15-7-6-12(9-16(15)24-18(21)23)20-17(22)8-11-10-19-14-5-3-2-4-13(11)14/h2-7,9-10,19H,8H2,1H3,(H,20,22). The number of oxazole rings is 1. The number of anilines is 1. The van der Waals surface area contributed by atoms with Gasteiger partial charge in [-0.05, 0) is 23.8 Å². The number of carbonyl (C=O) groups excluding carboxylic acids is 1. The van der Waals surface area contributed by atoms with Gasteiger partial charge in [-0.3, -0.25) is 9.36 Å². The fourth-order valence-electron chi connectivity index (χ4n) is 2.87. The van der Waals surface area contributed by atoms with E-state index in [-0.39, 0.29) is 12.3 Å². The van der Waals surface area contributed by atoms with Crippen molar-refractivity contribution in [3.63, 3.8) is 0 Å². The third-order valence-corrected chi connectivity index (χ3v) is 4.10. The SMILES string of the molecule is Cn1c(=O)oc2cc(NC(=O)Cc3c[nH]c4ccccc34)ccc21. The van der Waals surface area contributed by atoms with E-state index in [1.54, 1.807) is 25.2 Å². The summed E-state index contributed by atoms with van der Waals surface area (Å²) in [5.74, 6) is -0.551. The van der Waals surface area contributed by atoms with Crippen LogP contribution < -0.4 is 11.1 Å². The molecule has 0 aliphatic heterocycles. The molecule has 4 aromatic rings. The molecule has 120 valence electrons. The molecule has 6 nitrogen and oxygen atoms in total. The molecule has 6 heteroatoms. The average Bonchev–Trinajstić information content (AvgIpc) is 3.09. The highest BCUT2D eigenvalue weighted by Crippen LogP contribution is 2.20. The minimum Gasteiger partial charge on any atom is -0.408 e. The predicted octanol–water partition coefficient (Wildman–Crippen LogP) is 2.79. The van der Waals surface area contributed by atoms with Gasteiger partial charge in [-0.15, -0.1) is 0 Å². The van der Waals surface area contributed by atoms with Gasteiger partial charge in [0.25, 0.3) is 0 Å². The van der Waals surface area contributed by atoms with Crippen molar-refractivity contribution in [2.24, 2.45) is 7.05 Å². The summed E-state index contributed by atoms with van der Waals surface area (Å²) in [5.41, 5.74) is 3.69. The minimum absolute atomic E-state index is 0.127. The molecule has 0 bridgehead atoms. The van der Waals surface area contributed by atoms with E-state index in [4.69, 9.17) is 4.42 Å². The van der Waals surface area contributed by atoms with Crippen LogP contribution in [-0.2, 0) is 18.3 Å². The Morgan fingerprint density at radius 3 is 2.96 bits per heavy atom. The summed E-state index contributed by atoms with van der Waals surface area (Å²) in [6.45, 7) is 0. The Kier molecular flexibility index (Phi) is 3.23. The Bertz CT molecular complexity index is 1120. The normalized spacial score (nSPS) is 11.2. The third kappa shape index (κ3) is 2.38. The Hall–Kier alpha value is -3.28. The summed E-state index contributed by atoms with van der Waals surface area (Å²) >= 11 is 0. The van der Waals surface area contributed by atoms with E-state index in [0.717, 1.165) is 16.5 Å². The van der Waals surface area contributed by atoms with Crippen molar-refractivity contribution in [1.29, 1.82) is 0 Å². The number of benzene rings is 2. The van der Waals surface area contributed by atoms with Crippen LogP contribution in [0.5, 0.6) is 0 Å². The lowest BCUT2D eigenvalue weighted by Crippen LogP contribution is -2.14. The third-order valence-electron chi connectivity index (χ3n) is 4.10. The first kappa shape index (κ1) is 14.3. The molecule has 2 heterocycles. The first-order chi connectivity index (χ1) is 11.6. The van der Waals surface area contributed by atoms with Crippen LogP contribution in [0.4, 0.5) is 5.69 Å². The molecule has 0 aliphatic rings. The first-order valence-electron chi connectivity index (χ1n) is 7.56. The maximum absolute atomic E-state index is 12.3. The van der Waals surface area contributed by atoms with Crippen LogP contribution in [-0.4, -0.2) is 15.5 Å². The van der Waals surface area contributed by atoms with Crippen LogP contribution >= 0.6 is 0 Å². The summed E-state index contributed by atoms with van der Waals surface area (Å²) < 4.78 is 6.56. The van der Waals surface area contributed by atoms with Crippen LogP contribution in [0, 0.1) is 0 Å². The Morgan fingerprint density at radius 1 is 1.25 bits per heavy atom. The smallest absolute Gasteiger partial charge is 0.408 e. The van der Waals surface area contributed by atoms with Gasteiger partial charge in [-0.1, -0.05) is 18.2 Å². The molecule has 0 fully saturated rings. The number of aromatic amines is 1.